The van der Waals surface area contributed by atoms with E-state index in [-0.39, 0.29) is 36.7 Å². The van der Waals surface area contributed by atoms with E-state index in [0.717, 1.165) is 38.5 Å². The number of carboxylic acid groups (broad SMARTS) is 1. The van der Waals surface area contributed by atoms with Gasteiger partial charge in [-0.05, 0) is 25.7 Å². The van der Waals surface area contributed by atoms with Crippen molar-refractivity contribution in [3.63, 3.8) is 0 Å². The van der Waals surface area contributed by atoms with Gasteiger partial charge >= 0.3 is 17.9 Å². The molecule has 0 aromatic rings. The van der Waals surface area contributed by atoms with E-state index >= 15 is 0 Å². The number of rotatable bonds is 30. The van der Waals surface area contributed by atoms with E-state index in [4.69, 9.17) is 14.2 Å². The van der Waals surface area contributed by atoms with Gasteiger partial charge in [0.2, 0.25) is 0 Å². The van der Waals surface area contributed by atoms with E-state index in [0.29, 0.717) is 12.8 Å². The molecule has 260 valence electrons. The molecule has 0 fully saturated rings. The van der Waals surface area contributed by atoms with Crippen LogP contribution in [0.15, 0.2) is 36.5 Å². The van der Waals surface area contributed by atoms with Crippen molar-refractivity contribution in [2.75, 3.05) is 41.0 Å². The molecule has 1 N–H and O–H groups in total. The van der Waals surface area contributed by atoms with Crippen molar-refractivity contribution < 1.29 is 38.2 Å². The number of unbranched alkanes of at least 4 members (excludes halogenated alkanes) is 11. The van der Waals surface area contributed by atoms with Gasteiger partial charge in [0, 0.05) is 12.8 Å². The molecule has 0 rings (SSSR count). The molecule has 8 heteroatoms. The lowest BCUT2D eigenvalue weighted by Gasteiger charge is -2.31. The molecule has 0 aliphatic heterocycles. The zero-order valence-corrected chi connectivity index (χ0v) is 29.3. The van der Waals surface area contributed by atoms with E-state index in [1.54, 1.807) is 6.08 Å². The number of carboxylic acids is 1. The highest BCUT2D eigenvalue weighted by Crippen LogP contribution is 2.13. The second-order valence-electron chi connectivity index (χ2n) is 12.8. The second-order valence-corrected chi connectivity index (χ2v) is 12.8. The zero-order valence-electron chi connectivity index (χ0n) is 29.3. The SMILES string of the molecule is CC/C=C/C/C=C/C/C=C/CC(=O)OCC(COCCC(C(=O)O)[N+](C)(C)C)OC(=O)CCCCCCCCCCCCCC. The maximum atomic E-state index is 12.6. The van der Waals surface area contributed by atoms with Crippen LogP contribution in [0.5, 0.6) is 0 Å². The first-order valence-electron chi connectivity index (χ1n) is 17.5. The number of likely N-dealkylation sites (N-methyl/N-ethyl adjacent to an activating group) is 1. The van der Waals surface area contributed by atoms with Crippen molar-refractivity contribution in [2.45, 2.75) is 142 Å². The Morgan fingerprint density at radius 1 is 0.689 bits per heavy atom. The largest absolute Gasteiger partial charge is 0.477 e. The van der Waals surface area contributed by atoms with Crippen LogP contribution < -0.4 is 0 Å². The summed E-state index contributed by atoms with van der Waals surface area (Å²) in [6.07, 6.45) is 29.4. The quantitative estimate of drug-likeness (QED) is 0.0366. The minimum atomic E-state index is -0.887. The maximum Gasteiger partial charge on any atom is 0.362 e. The fourth-order valence-electron chi connectivity index (χ4n) is 4.86. The lowest BCUT2D eigenvalue weighted by Crippen LogP contribution is -2.50. The third kappa shape index (κ3) is 27.6. The summed E-state index contributed by atoms with van der Waals surface area (Å²) >= 11 is 0. The molecule has 0 radical (unpaired) electrons. The number of aliphatic carboxylic acids is 1. The number of carbonyl (C=O) groups excluding carboxylic acids is 2. The van der Waals surface area contributed by atoms with Crippen molar-refractivity contribution >= 4 is 17.9 Å². The number of ether oxygens (including phenoxy) is 3. The number of carbonyl (C=O) groups is 3. The lowest BCUT2D eigenvalue weighted by atomic mass is 10.0. The number of hydrogen-bond acceptors (Lipinski definition) is 6. The molecule has 0 aliphatic rings. The van der Waals surface area contributed by atoms with Crippen molar-refractivity contribution in [3.05, 3.63) is 36.5 Å². The van der Waals surface area contributed by atoms with Crippen LogP contribution in [-0.4, -0.2) is 80.6 Å². The van der Waals surface area contributed by atoms with E-state index in [9.17, 15) is 19.5 Å². The molecule has 45 heavy (non-hydrogen) atoms. The molecule has 0 saturated heterocycles. The van der Waals surface area contributed by atoms with E-state index in [2.05, 4.69) is 38.2 Å². The summed E-state index contributed by atoms with van der Waals surface area (Å²) in [6, 6.07) is -0.621. The summed E-state index contributed by atoms with van der Waals surface area (Å²) < 4.78 is 17.0. The number of quaternary nitrogens is 1. The van der Waals surface area contributed by atoms with Gasteiger partial charge in [-0.3, -0.25) is 9.59 Å². The fraction of sp³-hybridized carbons (Fsp3) is 0.757. The Hall–Kier alpha value is -2.45. The Morgan fingerprint density at radius 2 is 1.22 bits per heavy atom. The zero-order chi connectivity index (χ0) is 33.6. The molecule has 0 bridgehead atoms. The summed E-state index contributed by atoms with van der Waals surface area (Å²) in [5, 5.41) is 9.54. The first-order chi connectivity index (χ1) is 21.6. The molecular weight excluding hydrogens is 570 g/mol. The molecule has 0 aliphatic carbocycles. The van der Waals surface area contributed by atoms with Crippen LogP contribution in [0.2, 0.25) is 0 Å². The Labute approximate surface area is 274 Å². The predicted molar refractivity (Wildman–Crippen MR) is 183 cm³/mol. The normalized spacial score (nSPS) is 13.5. The second kappa shape index (κ2) is 29.0. The van der Waals surface area contributed by atoms with Gasteiger partial charge in [-0.1, -0.05) is 121 Å². The monoisotopic (exact) mass is 636 g/mol. The average molecular weight is 637 g/mol. The van der Waals surface area contributed by atoms with Gasteiger partial charge in [-0.25, -0.2) is 4.79 Å². The average Bonchev–Trinajstić information content (AvgIpc) is 2.98. The van der Waals surface area contributed by atoms with Crippen LogP contribution in [0, 0.1) is 0 Å². The molecule has 0 aromatic carbocycles. The summed E-state index contributed by atoms with van der Waals surface area (Å²) in [6.45, 7) is 4.48. The van der Waals surface area contributed by atoms with E-state index in [1.807, 2.05) is 27.2 Å². The van der Waals surface area contributed by atoms with Gasteiger partial charge in [0.15, 0.2) is 12.1 Å². The van der Waals surface area contributed by atoms with Crippen LogP contribution in [0.4, 0.5) is 0 Å². The van der Waals surface area contributed by atoms with Crippen LogP contribution >= 0.6 is 0 Å². The number of nitrogens with zero attached hydrogens (tertiary/aromatic N) is 1. The topological polar surface area (TPSA) is 99.1 Å². The summed E-state index contributed by atoms with van der Waals surface area (Å²) in [5.41, 5.74) is 0. The Kier molecular flexibility index (Phi) is 27.4. The van der Waals surface area contributed by atoms with Crippen molar-refractivity contribution in [2.24, 2.45) is 0 Å². The summed E-state index contributed by atoms with van der Waals surface area (Å²) in [7, 11) is 5.48. The number of esters is 2. The first kappa shape index (κ1) is 42.6. The highest BCUT2D eigenvalue weighted by atomic mass is 16.6. The fourth-order valence-corrected chi connectivity index (χ4v) is 4.86. The molecule has 0 aromatic heterocycles. The van der Waals surface area contributed by atoms with Crippen molar-refractivity contribution in [1.29, 1.82) is 0 Å². The molecule has 8 nitrogen and oxygen atoms in total. The number of allylic oxidation sites excluding steroid dienone is 5. The molecule has 0 heterocycles. The Morgan fingerprint density at radius 3 is 1.76 bits per heavy atom. The third-order valence-electron chi connectivity index (χ3n) is 7.59. The third-order valence-corrected chi connectivity index (χ3v) is 7.59. The standard InChI is InChI=1S/C37H65NO7/c1-6-8-10-12-14-16-17-18-20-22-24-26-28-36(40)45-33(31-43-30-29-34(37(41)42)38(3,4)5)32-44-35(39)27-25-23-21-19-15-13-11-9-7-2/h9,11,15,19,23,25,33-34H,6-8,10,12-14,16-18,20-22,24,26-32H2,1-5H3/p+1/b11-9+,19-15+,25-23+. The van der Waals surface area contributed by atoms with Gasteiger partial charge in [0.25, 0.3) is 0 Å². The number of hydrogen-bond donors (Lipinski definition) is 1. The lowest BCUT2D eigenvalue weighted by molar-refractivity contribution is -0.887. The van der Waals surface area contributed by atoms with Gasteiger partial charge in [-0.2, -0.15) is 0 Å². The van der Waals surface area contributed by atoms with E-state index in [1.165, 1.54) is 57.8 Å². The molecule has 0 spiro atoms. The minimum absolute atomic E-state index is 0.0358. The van der Waals surface area contributed by atoms with Gasteiger partial charge in [-0.15, -0.1) is 0 Å². The van der Waals surface area contributed by atoms with Crippen LogP contribution in [-0.2, 0) is 28.6 Å². The molecule has 2 atom stereocenters. The van der Waals surface area contributed by atoms with Crippen LogP contribution in [0.3, 0.4) is 0 Å². The van der Waals surface area contributed by atoms with E-state index < -0.39 is 24.1 Å². The van der Waals surface area contributed by atoms with Gasteiger partial charge < -0.3 is 23.8 Å². The summed E-state index contributed by atoms with van der Waals surface area (Å²) in [5.74, 6) is -1.62. The minimum Gasteiger partial charge on any atom is -0.477 e. The molecular formula is C37H66NO7+. The molecule has 2 unspecified atom stereocenters. The smallest absolute Gasteiger partial charge is 0.362 e. The molecule has 0 amide bonds. The van der Waals surface area contributed by atoms with Crippen LogP contribution in [0.1, 0.15) is 129 Å². The van der Waals surface area contributed by atoms with Gasteiger partial charge in [0.05, 0.1) is 40.8 Å². The first-order valence-corrected chi connectivity index (χ1v) is 17.5. The predicted octanol–water partition coefficient (Wildman–Crippen LogP) is 8.35. The highest BCUT2D eigenvalue weighted by Gasteiger charge is 2.31. The Balaban J connectivity index is 4.55. The summed E-state index contributed by atoms with van der Waals surface area (Å²) in [4.78, 5) is 36.5. The molecule has 0 saturated carbocycles. The highest BCUT2D eigenvalue weighted by molar-refractivity contribution is 5.72. The Bertz CT molecular complexity index is 844. The van der Waals surface area contributed by atoms with Gasteiger partial charge in [0.1, 0.15) is 6.61 Å². The van der Waals surface area contributed by atoms with Crippen molar-refractivity contribution in [3.8, 4) is 0 Å². The van der Waals surface area contributed by atoms with Crippen LogP contribution in [0.25, 0.3) is 0 Å². The maximum absolute atomic E-state index is 12.6. The van der Waals surface area contributed by atoms with Crippen molar-refractivity contribution in [1.82, 2.24) is 0 Å².